The van der Waals surface area contributed by atoms with Gasteiger partial charge >= 0.3 is 0 Å². The van der Waals surface area contributed by atoms with Gasteiger partial charge in [-0.25, -0.2) is 0 Å². The van der Waals surface area contributed by atoms with Crippen LogP contribution in [0.4, 0.5) is 0 Å². The van der Waals surface area contributed by atoms with Crippen LogP contribution < -0.4 is 0 Å². The standard InChI is InChI=1S/C21H27NO3.C7H12.C2H4/c1-6-20(17(4)15-16(2)3)25-14-10-13-22(18(5)23)21(24)19-11-8-7-9-12-19;1-6(2)5-7(3)4;1-2/h6-9,11-12,15H,2,10,13-14H2,1,3-5H3;5H,1H2,2-4H3;1-2H2/b17-15-,20-6+;;. The van der Waals surface area contributed by atoms with Gasteiger partial charge in [-0.3, -0.25) is 14.5 Å². The van der Waals surface area contributed by atoms with Gasteiger partial charge in [-0.2, -0.15) is 0 Å². The number of hydrogen-bond donors (Lipinski definition) is 0. The lowest BCUT2D eigenvalue weighted by atomic mass is 10.1. The van der Waals surface area contributed by atoms with Crippen molar-refractivity contribution >= 4 is 11.8 Å². The molecule has 1 aromatic rings. The number of carbonyl (C=O) groups excluding carboxylic acids is 2. The van der Waals surface area contributed by atoms with Crippen LogP contribution in [0.1, 0.15) is 65.2 Å². The van der Waals surface area contributed by atoms with Gasteiger partial charge in [0.25, 0.3) is 5.91 Å². The first kappa shape index (κ1) is 32.8. The van der Waals surface area contributed by atoms with Crippen LogP contribution in [0.3, 0.4) is 0 Å². The summed E-state index contributed by atoms with van der Waals surface area (Å²) in [5, 5.41) is 0. The molecule has 1 aromatic carbocycles. The maximum absolute atomic E-state index is 12.4. The second-order valence-corrected chi connectivity index (χ2v) is 7.94. The molecule has 186 valence electrons. The Hall–Kier alpha value is -3.40. The zero-order valence-electron chi connectivity index (χ0n) is 22.2. The van der Waals surface area contributed by atoms with Gasteiger partial charge in [-0.1, -0.05) is 60.2 Å². The summed E-state index contributed by atoms with van der Waals surface area (Å²) in [5.74, 6) is 0.239. The van der Waals surface area contributed by atoms with Crippen molar-refractivity contribution in [3.8, 4) is 0 Å². The molecule has 4 nitrogen and oxygen atoms in total. The summed E-state index contributed by atoms with van der Waals surface area (Å²) in [4.78, 5) is 25.5. The molecular formula is C30H43NO3. The topological polar surface area (TPSA) is 46.6 Å². The summed E-state index contributed by atoms with van der Waals surface area (Å²) in [5.41, 5.74) is 4.90. The fourth-order valence-electron chi connectivity index (χ4n) is 2.90. The van der Waals surface area contributed by atoms with Gasteiger partial charge in [0.05, 0.1) is 6.61 Å². The van der Waals surface area contributed by atoms with E-state index in [4.69, 9.17) is 4.74 Å². The summed E-state index contributed by atoms with van der Waals surface area (Å²) >= 11 is 0. The highest BCUT2D eigenvalue weighted by molar-refractivity contribution is 6.04. The molecule has 0 aliphatic rings. The van der Waals surface area contributed by atoms with Crippen molar-refractivity contribution in [3.63, 3.8) is 0 Å². The van der Waals surface area contributed by atoms with E-state index in [2.05, 4.69) is 46.2 Å². The third-order valence-corrected chi connectivity index (χ3v) is 4.08. The van der Waals surface area contributed by atoms with E-state index in [1.165, 1.54) is 17.4 Å². The van der Waals surface area contributed by atoms with E-state index in [1.54, 1.807) is 24.3 Å². The number of amides is 2. The molecule has 0 heterocycles. The van der Waals surface area contributed by atoms with E-state index in [1.807, 2.05) is 45.9 Å². The molecule has 4 heteroatoms. The average Bonchev–Trinajstić information content (AvgIpc) is 2.76. The van der Waals surface area contributed by atoms with Gasteiger partial charge in [0.2, 0.25) is 5.91 Å². The normalized spacial score (nSPS) is 10.4. The van der Waals surface area contributed by atoms with E-state index in [0.717, 1.165) is 22.5 Å². The minimum Gasteiger partial charge on any atom is -0.494 e. The molecule has 0 unspecified atom stereocenters. The minimum absolute atomic E-state index is 0.265. The smallest absolute Gasteiger partial charge is 0.260 e. The predicted octanol–water partition coefficient (Wildman–Crippen LogP) is 7.84. The highest BCUT2D eigenvalue weighted by Crippen LogP contribution is 2.14. The van der Waals surface area contributed by atoms with Crippen LogP contribution in [0.15, 0.2) is 103 Å². The molecule has 0 saturated carbocycles. The third-order valence-electron chi connectivity index (χ3n) is 4.08. The van der Waals surface area contributed by atoms with E-state index < -0.39 is 0 Å². The second-order valence-electron chi connectivity index (χ2n) is 7.94. The van der Waals surface area contributed by atoms with Gasteiger partial charge in [-0.15, -0.1) is 13.2 Å². The second kappa shape index (κ2) is 19.1. The van der Waals surface area contributed by atoms with Crippen LogP contribution >= 0.6 is 0 Å². The number of imide groups is 1. The van der Waals surface area contributed by atoms with Gasteiger partial charge in [0.15, 0.2) is 0 Å². The Labute approximate surface area is 207 Å². The average molecular weight is 466 g/mol. The first-order chi connectivity index (χ1) is 16.0. The molecule has 0 atom stereocenters. The van der Waals surface area contributed by atoms with Crippen molar-refractivity contribution in [1.82, 2.24) is 4.90 Å². The molecule has 0 fully saturated rings. The monoisotopic (exact) mass is 465 g/mol. The molecule has 0 radical (unpaired) electrons. The molecule has 0 aliphatic heterocycles. The number of benzene rings is 1. The summed E-state index contributed by atoms with van der Waals surface area (Å²) in [6, 6.07) is 8.81. The molecule has 1 rings (SSSR count). The van der Waals surface area contributed by atoms with Crippen LogP contribution in [0.25, 0.3) is 0 Å². The summed E-state index contributed by atoms with van der Waals surface area (Å²) in [6.45, 7) is 27.6. The molecule has 0 aliphatic carbocycles. The Balaban J connectivity index is 0. The highest BCUT2D eigenvalue weighted by Gasteiger charge is 2.19. The van der Waals surface area contributed by atoms with Crippen molar-refractivity contribution in [3.05, 3.63) is 108 Å². The molecule has 0 N–H and O–H groups in total. The Morgan fingerprint density at radius 3 is 1.82 bits per heavy atom. The van der Waals surface area contributed by atoms with Crippen molar-refractivity contribution in [2.24, 2.45) is 0 Å². The number of carbonyl (C=O) groups is 2. The zero-order valence-corrected chi connectivity index (χ0v) is 22.2. The van der Waals surface area contributed by atoms with Gasteiger partial charge < -0.3 is 4.74 Å². The van der Waals surface area contributed by atoms with E-state index >= 15 is 0 Å². The summed E-state index contributed by atoms with van der Waals surface area (Å²) in [6.07, 6.45) is 6.47. The summed E-state index contributed by atoms with van der Waals surface area (Å²) in [7, 11) is 0. The maximum Gasteiger partial charge on any atom is 0.260 e. The summed E-state index contributed by atoms with van der Waals surface area (Å²) < 4.78 is 5.77. The van der Waals surface area contributed by atoms with E-state index in [0.29, 0.717) is 25.1 Å². The SMILES string of the molecule is C=C.C=C(C)/C=C(C)\C(=C/C)OCCCN(C(C)=O)C(=O)c1ccccc1.C=C(C)C=C(C)C. The third kappa shape index (κ3) is 15.4. The molecule has 0 aromatic heterocycles. The number of ether oxygens (including phenoxy) is 1. The molecule has 0 bridgehead atoms. The molecule has 0 saturated heterocycles. The lowest BCUT2D eigenvalue weighted by molar-refractivity contribution is -0.126. The van der Waals surface area contributed by atoms with Crippen LogP contribution in [0, 0.1) is 0 Å². The van der Waals surface area contributed by atoms with Crippen LogP contribution in [0.2, 0.25) is 0 Å². The minimum atomic E-state index is -0.280. The quantitative estimate of drug-likeness (QED) is 0.161. The van der Waals surface area contributed by atoms with Crippen LogP contribution in [0.5, 0.6) is 0 Å². The number of hydrogen-bond acceptors (Lipinski definition) is 3. The van der Waals surface area contributed by atoms with Gasteiger partial charge in [-0.05, 0) is 71.7 Å². The fraction of sp³-hybridized carbons (Fsp3) is 0.333. The molecule has 34 heavy (non-hydrogen) atoms. The Morgan fingerprint density at radius 1 is 0.912 bits per heavy atom. The first-order valence-electron chi connectivity index (χ1n) is 11.3. The van der Waals surface area contributed by atoms with Crippen molar-refractivity contribution in [1.29, 1.82) is 0 Å². The van der Waals surface area contributed by atoms with Crippen LogP contribution in [-0.2, 0) is 9.53 Å². The number of rotatable bonds is 9. The van der Waals surface area contributed by atoms with Crippen molar-refractivity contribution in [2.75, 3.05) is 13.2 Å². The first-order valence-corrected chi connectivity index (χ1v) is 11.3. The number of nitrogens with zero attached hydrogens (tertiary/aromatic N) is 1. The highest BCUT2D eigenvalue weighted by atomic mass is 16.5. The van der Waals surface area contributed by atoms with E-state index in [9.17, 15) is 9.59 Å². The molecular weight excluding hydrogens is 422 g/mol. The Morgan fingerprint density at radius 2 is 1.44 bits per heavy atom. The maximum atomic E-state index is 12.4. The zero-order chi connectivity index (χ0) is 26.7. The van der Waals surface area contributed by atoms with Crippen molar-refractivity contribution in [2.45, 2.75) is 54.9 Å². The van der Waals surface area contributed by atoms with Gasteiger partial charge in [0, 0.05) is 19.0 Å². The number of allylic oxidation sites excluding steroid dienone is 7. The van der Waals surface area contributed by atoms with Crippen LogP contribution in [-0.4, -0.2) is 29.9 Å². The Bertz CT molecular complexity index is 885. The largest absolute Gasteiger partial charge is 0.494 e. The van der Waals surface area contributed by atoms with E-state index in [-0.39, 0.29) is 11.8 Å². The lowest BCUT2D eigenvalue weighted by Crippen LogP contribution is -2.36. The Kier molecular flexibility index (Phi) is 18.4. The fourth-order valence-corrected chi connectivity index (χ4v) is 2.90. The lowest BCUT2D eigenvalue weighted by Gasteiger charge is -2.19. The van der Waals surface area contributed by atoms with Gasteiger partial charge in [0.1, 0.15) is 5.76 Å². The predicted molar refractivity (Wildman–Crippen MR) is 147 cm³/mol. The molecule has 2 amide bonds. The van der Waals surface area contributed by atoms with Crippen molar-refractivity contribution < 1.29 is 14.3 Å². The molecule has 0 spiro atoms.